The summed E-state index contributed by atoms with van der Waals surface area (Å²) in [6.45, 7) is 3.02. The van der Waals surface area contributed by atoms with Crippen molar-refractivity contribution in [2.45, 2.75) is 19.3 Å². The Kier molecular flexibility index (Phi) is 5.95. The van der Waals surface area contributed by atoms with Gasteiger partial charge in [-0.25, -0.2) is 8.42 Å². The fourth-order valence-corrected chi connectivity index (χ4v) is 2.80. The van der Waals surface area contributed by atoms with E-state index in [0.717, 1.165) is 12.0 Å². The molecule has 0 radical (unpaired) electrons. The number of ether oxygens (including phenoxy) is 1. The molecule has 3 nitrogen and oxygen atoms in total. The molecule has 0 aliphatic heterocycles. The van der Waals surface area contributed by atoms with E-state index in [-0.39, 0.29) is 11.7 Å². The average molecular weight is 277 g/mol. The molecule has 0 saturated heterocycles. The van der Waals surface area contributed by atoms with E-state index in [4.69, 9.17) is 15.4 Å². The molecule has 17 heavy (non-hydrogen) atoms. The second-order valence-corrected chi connectivity index (χ2v) is 6.71. The van der Waals surface area contributed by atoms with Gasteiger partial charge in [-0.05, 0) is 12.0 Å². The number of hydrogen-bond donors (Lipinski definition) is 0. The molecule has 0 saturated carbocycles. The molecule has 0 spiro atoms. The SMILES string of the molecule is CCCOCC(CS(=O)(=O)Cl)c1ccccc1. The van der Waals surface area contributed by atoms with E-state index in [1.165, 1.54) is 0 Å². The second-order valence-electron chi connectivity index (χ2n) is 3.89. The van der Waals surface area contributed by atoms with Crippen molar-refractivity contribution in [2.24, 2.45) is 0 Å². The molecule has 0 amide bonds. The molecule has 0 fully saturated rings. The zero-order valence-corrected chi connectivity index (χ0v) is 11.4. The molecule has 1 aromatic rings. The van der Waals surface area contributed by atoms with E-state index in [1.54, 1.807) is 0 Å². The lowest BCUT2D eigenvalue weighted by atomic mass is 10.0. The molecule has 96 valence electrons. The summed E-state index contributed by atoms with van der Waals surface area (Å²) in [4.78, 5) is 0. The molecule has 5 heteroatoms. The smallest absolute Gasteiger partial charge is 0.233 e. The zero-order chi connectivity index (χ0) is 12.7. The quantitative estimate of drug-likeness (QED) is 0.568. The van der Waals surface area contributed by atoms with E-state index in [0.29, 0.717) is 13.2 Å². The molecule has 1 unspecified atom stereocenters. The first kappa shape index (κ1) is 14.5. The first-order valence-electron chi connectivity index (χ1n) is 5.58. The highest BCUT2D eigenvalue weighted by atomic mass is 35.7. The molecule has 0 aliphatic carbocycles. The predicted molar refractivity (Wildman–Crippen MR) is 69.9 cm³/mol. The fraction of sp³-hybridized carbons (Fsp3) is 0.500. The number of hydrogen-bond acceptors (Lipinski definition) is 3. The highest BCUT2D eigenvalue weighted by Gasteiger charge is 2.19. The number of benzene rings is 1. The maximum Gasteiger partial charge on any atom is 0.233 e. The van der Waals surface area contributed by atoms with Gasteiger partial charge in [0.2, 0.25) is 9.05 Å². The lowest BCUT2D eigenvalue weighted by Crippen LogP contribution is -2.16. The number of rotatable bonds is 7. The topological polar surface area (TPSA) is 43.4 Å². The summed E-state index contributed by atoms with van der Waals surface area (Å²) in [5.74, 6) is -0.298. The van der Waals surface area contributed by atoms with Crippen LogP contribution in [0.15, 0.2) is 30.3 Å². The molecule has 1 aromatic carbocycles. The number of halogens is 1. The van der Waals surface area contributed by atoms with Crippen molar-refractivity contribution < 1.29 is 13.2 Å². The van der Waals surface area contributed by atoms with Crippen molar-refractivity contribution in [3.8, 4) is 0 Å². The lowest BCUT2D eigenvalue weighted by molar-refractivity contribution is 0.124. The Balaban J connectivity index is 2.72. The van der Waals surface area contributed by atoms with Gasteiger partial charge in [-0.2, -0.15) is 0 Å². The van der Waals surface area contributed by atoms with Gasteiger partial charge in [-0.1, -0.05) is 37.3 Å². The Hall–Kier alpha value is -0.580. The Labute approximate surface area is 107 Å². The zero-order valence-electron chi connectivity index (χ0n) is 9.80. The summed E-state index contributed by atoms with van der Waals surface area (Å²) in [5.41, 5.74) is 0.938. The van der Waals surface area contributed by atoms with Crippen LogP contribution in [0, 0.1) is 0 Å². The molecule has 0 aliphatic rings. The van der Waals surface area contributed by atoms with Crippen LogP contribution < -0.4 is 0 Å². The fourth-order valence-electron chi connectivity index (χ4n) is 1.58. The van der Waals surface area contributed by atoms with Crippen molar-refractivity contribution in [3.05, 3.63) is 35.9 Å². The van der Waals surface area contributed by atoms with Gasteiger partial charge in [0.1, 0.15) is 0 Å². The van der Waals surface area contributed by atoms with Crippen molar-refractivity contribution in [3.63, 3.8) is 0 Å². The summed E-state index contributed by atoms with van der Waals surface area (Å²) >= 11 is 0. The maximum atomic E-state index is 11.2. The molecular formula is C12H17ClO3S. The summed E-state index contributed by atoms with van der Waals surface area (Å²) in [6.07, 6.45) is 0.912. The normalized spacial score (nSPS) is 13.5. The summed E-state index contributed by atoms with van der Waals surface area (Å²) in [7, 11) is 1.79. The van der Waals surface area contributed by atoms with Gasteiger partial charge in [0.05, 0.1) is 12.4 Å². The van der Waals surface area contributed by atoms with Gasteiger partial charge in [-0.3, -0.25) is 0 Å². The molecule has 1 rings (SSSR count). The van der Waals surface area contributed by atoms with E-state index in [9.17, 15) is 8.42 Å². The molecule has 1 atom stereocenters. The Morgan fingerprint density at radius 1 is 1.29 bits per heavy atom. The van der Waals surface area contributed by atoms with Crippen LogP contribution in [0.3, 0.4) is 0 Å². The lowest BCUT2D eigenvalue weighted by Gasteiger charge is -2.15. The standard InChI is InChI=1S/C12H17ClO3S/c1-2-8-16-9-12(10-17(13,14)15)11-6-4-3-5-7-11/h3-7,12H,2,8-10H2,1H3. The maximum absolute atomic E-state index is 11.2. The van der Waals surface area contributed by atoms with Gasteiger partial charge in [0.25, 0.3) is 0 Å². The Bertz CT molecular complexity index is 417. The molecule has 0 bridgehead atoms. The molecule has 0 heterocycles. The molecule has 0 N–H and O–H groups in total. The van der Waals surface area contributed by atoms with E-state index in [1.807, 2.05) is 37.3 Å². The van der Waals surface area contributed by atoms with Gasteiger partial charge < -0.3 is 4.74 Å². The minimum absolute atomic E-state index is 0.0950. The van der Waals surface area contributed by atoms with Crippen LogP contribution in [-0.4, -0.2) is 27.4 Å². The highest BCUT2D eigenvalue weighted by molar-refractivity contribution is 8.13. The molecular weight excluding hydrogens is 260 g/mol. The van der Waals surface area contributed by atoms with Crippen LogP contribution in [-0.2, 0) is 13.8 Å². The second kappa shape index (κ2) is 6.99. The van der Waals surface area contributed by atoms with Crippen molar-refractivity contribution in [1.82, 2.24) is 0 Å². The first-order valence-corrected chi connectivity index (χ1v) is 8.06. The summed E-state index contributed by atoms with van der Waals surface area (Å²) in [5, 5.41) is 0. The Morgan fingerprint density at radius 3 is 2.47 bits per heavy atom. The summed E-state index contributed by atoms with van der Waals surface area (Å²) < 4.78 is 27.7. The third-order valence-corrected chi connectivity index (χ3v) is 3.52. The monoisotopic (exact) mass is 276 g/mol. The van der Waals surface area contributed by atoms with Crippen LogP contribution in [0.1, 0.15) is 24.8 Å². The minimum atomic E-state index is -3.52. The summed E-state index contributed by atoms with van der Waals surface area (Å²) in [6, 6.07) is 9.43. The first-order chi connectivity index (χ1) is 8.03. The van der Waals surface area contributed by atoms with Crippen LogP contribution >= 0.6 is 10.7 Å². The van der Waals surface area contributed by atoms with Crippen LogP contribution in [0.5, 0.6) is 0 Å². The van der Waals surface area contributed by atoms with Crippen LogP contribution in [0.4, 0.5) is 0 Å². The van der Waals surface area contributed by atoms with Crippen molar-refractivity contribution in [1.29, 1.82) is 0 Å². The van der Waals surface area contributed by atoms with Gasteiger partial charge >= 0.3 is 0 Å². The third-order valence-electron chi connectivity index (χ3n) is 2.34. The highest BCUT2D eigenvalue weighted by Crippen LogP contribution is 2.20. The molecule has 0 aromatic heterocycles. The van der Waals surface area contributed by atoms with Gasteiger partial charge in [0, 0.05) is 23.2 Å². The third kappa shape index (κ3) is 6.05. The van der Waals surface area contributed by atoms with E-state index < -0.39 is 9.05 Å². The van der Waals surface area contributed by atoms with Crippen molar-refractivity contribution >= 4 is 19.7 Å². The van der Waals surface area contributed by atoms with Crippen LogP contribution in [0.2, 0.25) is 0 Å². The van der Waals surface area contributed by atoms with Gasteiger partial charge in [-0.15, -0.1) is 0 Å². The Morgan fingerprint density at radius 2 is 1.94 bits per heavy atom. The van der Waals surface area contributed by atoms with Crippen LogP contribution in [0.25, 0.3) is 0 Å². The minimum Gasteiger partial charge on any atom is -0.381 e. The predicted octanol–water partition coefficient (Wildman–Crippen LogP) is 2.77. The largest absolute Gasteiger partial charge is 0.381 e. The van der Waals surface area contributed by atoms with E-state index >= 15 is 0 Å². The van der Waals surface area contributed by atoms with Crippen molar-refractivity contribution in [2.75, 3.05) is 19.0 Å². The average Bonchev–Trinajstić information content (AvgIpc) is 2.28. The van der Waals surface area contributed by atoms with Gasteiger partial charge in [0.15, 0.2) is 0 Å². The van der Waals surface area contributed by atoms with E-state index in [2.05, 4.69) is 0 Å².